The largest absolute Gasteiger partial charge is 0.491 e. The lowest BCUT2D eigenvalue weighted by Crippen LogP contribution is -2.44. The second-order valence-corrected chi connectivity index (χ2v) is 17.5. The van der Waals surface area contributed by atoms with Gasteiger partial charge in [-0.2, -0.15) is 0 Å². The van der Waals surface area contributed by atoms with Gasteiger partial charge in [-0.05, 0) is 62.4 Å². The standard InChI is InChI=1S/C22H40O4Si2/c1-7-9-15-27(3,4)26-28(5,6)16-11-14-24-18-21(23)19-25-22-13-10-12-20(8-2)17-22/h8,10,12-13,17,21,23H,2,7,9,11,14-16,18-19H2,1,3-6H3. The van der Waals surface area contributed by atoms with Crippen LogP contribution in [0.2, 0.25) is 38.3 Å². The van der Waals surface area contributed by atoms with Crippen molar-refractivity contribution < 1.29 is 18.7 Å². The van der Waals surface area contributed by atoms with Gasteiger partial charge in [0.15, 0.2) is 16.6 Å². The van der Waals surface area contributed by atoms with Crippen molar-refractivity contribution >= 4 is 22.7 Å². The minimum atomic E-state index is -1.65. The molecule has 0 bridgehead atoms. The number of rotatable bonds is 15. The van der Waals surface area contributed by atoms with E-state index >= 15 is 0 Å². The maximum atomic E-state index is 10.1. The predicted octanol–water partition coefficient (Wildman–Crippen LogP) is 5.70. The van der Waals surface area contributed by atoms with E-state index < -0.39 is 22.7 Å². The van der Waals surface area contributed by atoms with Crippen molar-refractivity contribution in [2.75, 3.05) is 19.8 Å². The quantitative estimate of drug-likeness (QED) is 0.290. The summed E-state index contributed by atoms with van der Waals surface area (Å²) in [5, 5.41) is 10.1. The zero-order chi connectivity index (χ0) is 21.0. The molecule has 1 atom stereocenters. The molecule has 1 rings (SSSR count). The molecular formula is C22H40O4Si2. The Morgan fingerprint density at radius 1 is 1.07 bits per heavy atom. The van der Waals surface area contributed by atoms with Crippen LogP contribution in [-0.2, 0) is 8.85 Å². The molecule has 0 radical (unpaired) electrons. The van der Waals surface area contributed by atoms with Crippen LogP contribution in [0.4, 0.5) is 0 Å². The lowest BCUT2D eigenvalue weighted by atomic mass is 10.2. The first-order chi connectivity index (χ1) is 13.2. The number of hydrogen-bond acceptors (Lipinski definition) is 4. The van der Waals surface area contributed by atoms with Gasteiger partial charge in [0.05, 0.1) is 6.61 Å². The summed E-state index contributed by atoms with van der Waals surface area (Å²) in [5.74, 6) is 0.733. The molecular weight excluding hydrogens is 384 g/mol. The summed E-state index contributed by atoms with van der Waals surface area (Å²) in [5.41, 5.74) is 0.998. The number of ether oxygens (including phenoxy) is 2. The Hall–Kier alpha value is -0.926. The van der Waals surface area contributed by atoms with Crippen molar-refractivity contribution in [3.63, 3.8) is 0 Å². The summed E-state index contributed by atoms with van der Waals surface area (Å²) in [6, 6.07) is 9.99. The highest BCUT2D eigenvalue weighted by Gasteiger charge is 2.32. The zero-order valence-electron chi connectivity index (χ0n) is 18.5. The maximum absolute atomic E-state index is 10.1. The van der Waals surface area contributed by atoms with E-state index in [9.17, 15) is 5.11 Å². The normalized spacial score (nSPS) is 13.4. The van der Waals surface area contributed by atoms with Gasteiger partial charge in [0.1, 0.15) is 18.5 Å². The molecule has 0 heterocycles. The van der Waals surface area contributed by atoms with Crippen LogP contribution in [0, 0.1) is 0 Å². The highest BCUT2D eigenvalue weighted by Crippen LogP contribution is 2.24. The molecule has 28 heavy (non-hydrogen) atoms. The Kier molecular flexibility index (Phi) is 11.3. The molecule has 0 saturated heterocycles. The maximum Gasteiger partial charge on any atom is 0.173 e. The van der Waals surface area contributed by atoms with Gasteiger partial charge in [-0.15, -0.1) is 0 Å². The van der Waals surface area contributed by atoms with Crippen LogP contribution in [0.15, 0.2) is 30.8 Å². The molecule has 4 nitrogen and oxygen atoms in total. The summed E-state index contributed by atoms with van der Waals surface area (Å²) < 4.78 is 17.9. The Morgan fingerprint density at radius 2 is 1.75 bits per heavy atom. The topological polar surface area (TPSA) is 47.9 Å². The van der Waals surface area contributed by atoms with Crippen LogP contribution in [0.5, 0.6) is 5.75 Å². The third kappa shape index (κ3) is 11.2. The van der Waals surface area contributed by atoms with E-state index in [1.165, 1.54) is 18.9 Å². The Labute approximate surface area is 174 Å². The van der Waals surface area contributed by atoms with E-state index in [0.717, 1.165) is 23.8 Å². The highest BCUT2D eigenvalue weighted by atomic mass is 28.4. The fourth-order valence-corrected chi connectivity index (χ4v) is 12.2. The number of hydrogen-bond donors (Lipinski definition) is 1. The van der Waals surface area contributed by atoms with Crippen LogP contribution < -0.4 is 4.74 Å². The molecule has 6 heteroatoms. The fourth-order valence-electron chi connectivity index (χ4n) is 3.24. The van der Waals surface area contributed by atoms with Gasteiger partial charge in [0.2, 0.25) is 0 Å². The van der Waals surface area contributed by atoms with Gasteiger partial charge in [0, 0.05) is 6.61 Å². The van der Waals surface area contributed by atoms with Crippen LogP contribution in [-0.4, -0.2) is 47.7 Å². The van der Waals surface area contributed by atoms with E-state index in [1.807, 2.05) is 24.3 Å². The number of aliphatic hydroxyl groups excluding tert-OH is 1. The summed E-state index contributed by atoms with van der Waals surface area (Å²) in [7, 11) is -3.19. The SMILES string of the molecule is C=Cc1cccc(OCC(O)COCCC[Si](C)(C)O[Si](C)(C)CCCC)c1. The van der Waals surface area contributed by atoms with Gasteiger partial charge < -0.3 is 18.7 Å². The molecule has 1 aromatic carbocycles. The zero-order valence-corrected chi connectivity index (χ0v) is 20.5. The van der Waals surface area contributed by atoms with Crippen LogP contribution in [0.1, 0.15) is 31.7 Å². The van der Waals surface area contributed by atoms with Gasteiger partial charge in [-0.25, -0.2) is 0 Å². The van der Waals surface area contributed by atoms with Crippen LogP contribution in [0.25, 0.3) is 6.08 Å². The first-order valence-corrected chi connectivity index (χ1v) is 16.7. The number of unbranched alkanes of at least 4 members (excludes halogenated alkanes) is 1. The van der Waals surface area contributed by atoms with E-state index in [0.29, 0.717) is 13.2 Å². The molecule has 0 saturated carbocycles. The van der Waals surface area contributed by atoms with Gasteiger partial charge in [0.25, 0.3) is 0 Å². The first-order valence-electron chi connectivity index (χ1n) is 10.5. The predicted molar refractivity (Wildman–Crippen MR) is 124 cm³/mol. The summed E-state index contributed by atoms with van der Waals surface area (Å²) in [6.45, 7) is 16.5. The summed E-state index contributed by atoms with van der Waals surface area (Å²) >= 11 is 0. The Balaban J connectivity index is 2.20. The molecule has 1 N–H and O–H groups in total. The molecule has 1 aromatic rings. The van der Waals surface area contributed by atoms with Crippen molar-refractivity contribution in [3.05, 3.63) is 36.4 Å². The molecule has 0 fully saturated rings. The third-order valence-corrected chi connectivity index (χ3v) is 12.1. The van der Waals surface area contributed by atoms with E-state index in [4.69, 9.17) is 13.6 Å². The Bertz CT molecular complexity index is 575. The van der Waals surface area contributed by atoms with E-state index in [-0.39, 0.29) is 6.61 Å². The monoisotopic (exact) mass is 424 g/mol. The smallest absolute Gasteiger partial charge is 0.173 e. The van der Waals surface area contributed by atoms with Crippen LogP contribution >= 0.6 is 0 Å². The lowest BCUT2D eigenvalue weighted by molar-refractivity contribution is 0.0122. The second-order valence-electron chi connectivity index (χ2n) is 8.64. The fraction of sp³-hybridized carbons (Fsp3) is 0.636. The second kappa shape index (κ2) is 12.6. The van der Waals surface area contributed by atoms with Gasteiger partial charge in [-0.3, -0.25) is 0 Å². The van der Waals surface area contributed by atoms with Crippen molar-refractivity contribution in [3.8, 4) is 5.75 Å². The molecule has 1 unspecified atom stereocenters. The lowest BCUT2D eigenvalue weighted by Gasteiger charge is -2.34. The van der Waals surface area contributed by atoms with Crippen molar-refractivity contribution in [2.45, 2.75) is 70.6 Å². The molecule has 0 aliphatic rings. The number of aliphatic hydroxyl groups is 1. The summed E-state index contributed by atoms with van der Waals surface area (Å²) in [4.78, 5) is 0. The number of benzene rings is 1. The minimum absolute atomic E-state index is 0.223. The molecule has 0 aliphatic heterocycles. The molecule has 160 valence electrons. The first kappa shape index (κ1) is 25.1. The van der Waals surface area contributed by atoms with Gasteiger partial charge >= 0.3 is 0 Å². The van der Waals surface area contributed by atoms with Crippen molar-refractivity contribution in [1.82, 2.24) is 0 Å². The molecule has 0 aromatic heterocycles. The molecule has 0 amide bonds. The average Bonchev–Trinajstić information content (AvgIpc) is 2.63. The Morgan fingerprint density at radius 3 is 2.39 bits per heavy atom. The summed E-state index contributed by atoms with van der Waals surface area (Å²) in [6.07, 6.45) is 4.63. The van der Waals surface area contributed by atoms with Crippen molar-refractivity contribution in [2.24, 2.45) is 0 Å². The molecule has 0 spiro atoms. The van der Waals surface area contributed by atoms with Crippen LogP contribution in [0.3, 0.4) is 0 Å². The minimum Gasteiger partial charge on any atom is -0.491 e. The van der Waals surface area contributed by atoms with E-state index in [2.05, 4.69) is 39.7 Å². The average molecular weight is 425 g/mol. The van der Waals surface area contributed by atoms with Crippen molar-refractivity contribution in [1.29, 1.82) is 0 Å². The highest BCUT2D eigenvalue weighted by molar-refractivity contribution is 6.84. The van der Waals surface area contributed by atoms with E-state index in [1.54, 1.807) is 6.08 Å². The molecule has 0 aliphatic carbocycles. The van der Waals surface area contributed by atoms with Gasteiger partial charge in [-0.1, -0.05) is 44.6 Å². The third-order valence-electron chi connectivity index (χ3n) is 4.60.